The number of furan rings is 1. The van der Waals surface area contributed by atoms with Crippen molar-refractivity contribution in [1.82, 2.24) is 5.32 Å². The molecule has 23 heavy (non-hydrogen) atoms. The van der Waals surface area contributed by atoms with E-state index in [0.717, 1.165) is 22.5 Å². The van der Waals surface area contributed by atoms with E-state index in [4.69, 9.17) is 4.42 Å². The van der Waals surface area contributed by atoms with Crippen LogP contribution >= 0.6 is 0 Å². The molecule has 2 aromatic rings. The lowest BCUT2D eigenvalue weighted by Crippen LogP contribution is -2.28. The second-order valence-electron chi connectivity index (χ2n) is 5.67. The van der Waals surface area contributed by atoms with Gasteiger partial charge in [-0.25, -0.2) is 0 Å². The van der Waals surface area contributed by atoms with Crippen LogP contribution in [0.3, 0.4) is 0 Å². The van der Waals surface area contributed by atoms with Crippen LogP contribution in [0.1, 0.15) is 41.2 Å². The minimum atomic E-state index is -0.407. The van der Waals surface area contributed by atoms with Crippen LogP contribution in [0.25, 0.3) is 6.08 Å². The number of amides is 1. The molecule has 0 radical (unpaired) electrons. The largest absolute Gasteiger partial charge is 0.462 e. The molecule has 0 saturated carbocycles. The van der Waals surface area contributed by atoms with Crippen LogP contribution in [0.2, 0.25) is 0 Å². The highest BCUT2D eigenvalue weighted by molar-refractivity contribution is 6.01. The van der Waals surface area contributed by atoms with Crippen molar-refractivity contribution in [2.24, 2.45) is 0 Å². The third-order valence-electron chi connectivity index (χ3n) is 3.66. The number of aryl methyl sites for hydroxylation is 3. The van der Waals surface area contributed by atoms with Crippen LogP contribution < -0.4 is 5.32 Å². The Morgan fingerprint density at radius 3 is 2.61 bits per heavy atom. The molecule has 1 aromatic heterocycles. The highest BCUT2D eigenvalue weighted by Crippen LogP contribution is 2.19. The van der Waals surface area contributed by atoms with Crippen LogP contribution in [-0.2, 0) is 4.79 Å². The third kappa shape index (κ3) is 4.10. The quantitative estimate of drug-likeness (QED) is 0.686. The van der Waals surface area contributed by atoms with Crippen molar-refractivity contribution >= 4 is 12.0 Å². The minimum absolute atomic E-state index is 0.0245. The molecule has 0 spiro atoms. The molecule has 0 aliphatic rings. The summed E-state index contributed by atoms with van der Waals surface area (Å²) in [6, 6.07) is 11.4. The maximum absolute atomic E-state index is 12.3. The van der Waals surface area contributed by atoms with Crippen LogP contribution in [0.15, 0.2) is 40.3 Å². The number of nitrogens with zero attached hydrogens (tertiary/aromatic N) is 1. The zero-order chi connectivity index (χ0) is 17.0. The van der Waals surface area contributed by atoms with Crippen LogP contribution in [0, 0.1) is 32.1 Å². The average Bonchev–Trinajstić information content (AvgIpc) is 2.92. The molecule has 1 amide bonds. The average molecular weight is 308 g/mol. The van der Waals surface area contributed by atoms with Gasteiger partial charge in [-0.3, -0.25) is 4.79 Å². The van der Waals surface area contributed by atoms with E-state index in [1.807, 2.05) is 52.0 Å². The molecule has 1 heterocycles. The van der Waals surface area contributed by atoms with Crippen LogP contribution in [0.4, 0.5) is 0 Å². The fourth-order valence-electron chi connectivity index (χ4n) is 2.40. The summed E-state index contributed by atoms with van der Waals surface area (Å²) in [6.45, 7) is 7.74. The summed E-state index contributed by atoms with van der Waals surface area (Å²) in [4.78, 5) is 12.3. The van der Waals surface area contributed by atoms with Gasteiger partial charge in [-0.2, -0.15) is 5.26 Å². The van der Waals surface area contributed by atoms with E-state index < -0.39 is 5.91 Å². The molecule has 0 aliphatic carbocycles. The third-order valence-corrected chi connectivity index (χ3v) is 3.66. The maximum Gasteiger partial charge on any atom is 0.262 e. The number of nitrogens with one attached hydrogen (secondary N) is 1. The number of hydrogen-bond donors (Lipinski definition) is 1. The van der Waals surface area contributed by atoms with Gasteiger partial charge < -0.3 is 9.73 Å². The van der Waals surface area contributed by atoms with E-state index in [-0.39, 0.29) is 11.6 Å². The molecule has 0 unspecified atom stereocenters. The SMILES string of the molecule is Cc1ccc(C)c([C@H](C)NC(=O)/C(C#N)=C\c2ccc(C)o2)c1. The number of benzene rings is 1. The van der Waals surface area contributed by atoms with E-state index in [0.29, 0.717) is 5.76 Å². The van der Waals surface area contributed by atoms with E-state index in [9.17, 15) is 10.1 Å². The summed E-state index contributed by atoms with van der Waals surface area (Å²) in [5.74, 6) is 0.821. The first-order valence-electron chi connectivity index (χ1n) is 7.47. The van der Waals surface area contributed by atoms with Crippen molar-refractivity contribution in [2.45, 2.75) is 33.7 Å². The van der Waals surface area contributed by atoms with Crippen molar-refractivity contribution in [3.63, 3.8) is 0 Å². The predicted octanol–water partition coefficient (Wildman–Crippen LogP) is 3.99. The molecular formula is C19H20N2O2. The van der Waals surface area contributed by atoms with Gasteiger partial charge in [0.1, 0.15) is 23.2 Å². The number of carbonyl (C=O) groups excluding carboxylic acids is 1. The summed E-state index contributed by atoms with van der Waals surface area (Å²) in [6.07, 6.45) is 1.46. The van der Waals surface area contributed by atoms with Gasteiger partial charge in [0.05, 0.1) is 6.04 Å². The standard InChI is InChI=1S/C19H20N2O2/c1-12-5-6-13(2)18(9-12)15(4)21-19(22)16(11-20)10-17-8-7-14(3)23-17/h5-10,15H,1-4H3,(H,21,22)/b16-10-/t15-/m0/s1. The van der Waals surface area contributed by atoms with Gasteiger partial charge in [0.15, 0.2) is 0 Å². The Kier molecular flexibility index (Phi) is 5.02. The highest BCUT2D eigenvalue weighted by atomic mass is 16.3. The number of rotatable bonds is 4. The first kappa shape index (κ1) is 16.6. The predicted molar refractivity (Wildman–Crippen MR) is 89.5 cm³/mol. The molecule has 4 nitrogen and oxygen atoms in total. The molecule has 118 valence electrons. The van der Waals surface area contributed by atoms with Crippen LogP contribution in [0.5, 0.6) is 0 Å². The van der Waals surface area contributed by atoms with E-state index in [1.54, 1.807) is 12.1 Å². The normalized spacial score (nSPS) is 12.6. The highest BCUT2D eigenvalue weighted by Gasteiger charge is 2.16. The Morgan fingerprint density at radius 2 is 2.00 bits per heavy atom. The second-order valence-corrected chi connectivity index (χ2v) is 5.67. The Balaban J connectivity index is 2.18. The molecular weight excluding hydrogens is 288 g/mol. The fraction of sp³-hybridized carbons (Fsp3) is 0.263. The number of carbonyl (C=O) groups is 1. The van der Waals surface area contributed by atoms with Gasteiger partial charge in [0.2, 0.25) is 0 Å². The summed E-state index contributed by atoms with van der Waals surface area (Å²) < 4.78 is 5.38. The second kappa shape index (κ2) is 6.97. The molecule has 0 saturated heterocycles. The first-order valence-corrected chi connectivity index (χ1v) is 7.47. The molecule has 0 aliphatic heterocycles. The molecule has 0 bridgehead atoms. The molecule has 2 rings (SSSR count). The van der Waals surface area contributed by atoms with Crippen molar-refractivity contribution in [1.29, 1.82) is 5.26 Å². The van der Waals surface area contributed by atoms with E-state index in [2.05, 4.69) is 5.32 Å². The zero-order valence-electron chi connectivity index (χ0n) is 13.8. The molecule has 4 heteroatoms. The maximum atomic E-state index is 12.3. The Labute approximate surface area is 136 Å². The van der Waals surface area contributed by atoms with Crippen LogP contribution in [-0.4, -0.2) is 5.91 Å². The Hall–Kier alpha value is -2.80. The summed E-state index contributed by atoms with van der Waals surface area (Å²) >= 11 is 0. The summed E-state index contributed by atoms with van der Waals surface area (Å²) in [5.41, 5.74) is 3.31. The molecule has 0 fully saturated rings. The summed E-state index contributed by atoms with van der Waals surface area (Å²) in [7, 11) is 0. The molecule has 1 aromatic carbocycles. The van der Waals surface area contributed by atoms with Gasteiger partial charge in [-0.15, -0.1) is 0 Å². The van der Waals surface area contributed by atoms with Crippen molar-refractivity contribution in [2.75, 3.05) is 0 Å². The smallest absolute Gasteiger partial charge is 0.262 e. The van der Waals surface area contributed by atoms with E-state index >= 15 is 0 Å². The fourth-order valence-corrected chi connectivity index (χ4v) is 2.40. The van der Waals surface area contributed by atoms with E-state index in [1.165, 1.54) is 6.08 Å². The zero-order valence-corrected chi connectivity index (χ0v) is 13.8. The van der Waals surface area contributed by atoms with Crippen molar-refractivity contribution in [3.05, 3.63) is 64.1 Å². The molecule has 1 N–H and O–H groups in total. The van der Waals surface area contributed by atoms with Gasteiger partial charge in [0, 0.05) is 6.08 Å². The number of hydrogen-bond acceptors (Lipinski definition) is 3. The lowest BCUT2D eigenvalue weighted by atomic mass is 10.00. The Morgan fingerprint density at radius 1 is 1.26 bits per heavy atom. The summed E-state index contributed by atoms with van der Waals surface area (Å²) in [5, 5.41) is 12.1. The van der Waals surface area contributed by atoms with Crippen molar-refractivity contribution < 1.29 is 9.21 Å². The first-order chi connectivity index (χ1) is 10.9. The number of nitriles is 1. The van der Waals surface area contributed by atoms with Crippen molar-refractivity contribution in [3.8, 4) is 6.07 Å². The van der Waals surface area contributed by atoms with Gasteiger partial charge >= 0.3 is 0 Å². The lowest BCUT2D eigenvalue weighted by Gasteiger charge is -2.17. The van der Waals surface area contributed by atoms with Gasteiger partial charge in [-0.05, 0) is 51.0 Å². The Bertz CT molecular complexity index is 794. The topological polar surface area (TPSA) is 66.0 Å². The minimum Gasteiger partial charge on any atom is -0.462 e. The van der Waals surface area contributed by atoms with Gasteiger partial charge in [-0.1, -0.05) is 23.8 Å². The van der Waals surface area contributed by atoms with Gasteiger partial charge in [0.25, 0.3) is 5.91 Å². The monoisotopic (exact) mass is 308 g/mol. The lowest BCUT2D eigenvalue weighted by molar-refractivity contribution is -0.117. The molecule has 1 atom stereocenters.